The van der Waals surface area contributed by atoms with Crippen LogP contribution >= 0.6 is 39.9 Å². The topological polar surface area (TPSA) is 57.7 Å². The van der Waals surface area contributed by atoms with Gasteiger partial charge in [-0.1, -0.05) is 82.4 Å². The number of thioether (sulfide) groups is 1. The number of carbonyl (C=O) groups is 3. The summed E-state index contributed by atoms with van der Waals surface area (Å²) in [7, 11) is 0. The van der Waals surface area contributed by atoms with Crippen LogP contribution in [-0.4, -0.2) is 33.0 Å². The molecule has 0 saturated carbocycles. The van der Waals surface area contributed by atoms with Crippen molar-refractivity contribution in [2.75, 3.05) is 4.90 Å². The fraction of sp³-hybridized carbons (Fsp3) is 0.0909. The fourth-order valence-electron chi connectivity index (χ4n) is 3.25. The highest BCUT2D eigenvalue weighted by molar-refractivity contribution is 9.10. The van der Waals surface area contributed by atoms with Crippen LogP contribution in [0.4, 0.5) is 5.69 Å². The largest absolute Gasteiger partial charge is 0.280 e. The molecule has 2 aliphatic rings. The highest BCUT2D eigenvalue weighted by Crippen LogP contribution is 2.36. The van der Waals surface area contributed by atoms with E-state index in [2.05, 4.69) is 15.9 Å². The van der Waals surface area contributed by atoms with Crippen molar-refractivity contribution in [2.45, 2.75) is 12.5 Å². The summed E-state index contributed by atoms with van der Waals surface area (Å²) in [5.41, 5.74) is 1.48. The first-order valence-corrected chi connectivity index (χ1v) is 11.1. The molecule has 4 rings (SSSR count). The molecule has 8 heteroatoms. The lowest BCUT2D eigenvalue weighted by Gasteiger charge is -2.21. The van der Waals surface area contributed by atoms with Gasteiger partial charge in [-0.15, -0.1) is 0 Å². The van der Waals surface area contributed by atoms with Crippen molar-refractivity contribution in [2.24, 2.45) is 0 Å². The Balaban J connectivity index is 1.53. The molecular formula is C22H15BrN2O3S2. The average Bonchev–Trinajstić information content (AvgIpc) is 3.18. The molecule has 0 N–H and O–H groups in total. The number of hydrogen-bond donors (Lipinski definition) is 0. The minimum absolute atomic E-state index is 0.0888. The van der Waals surface area contributed by atoms with Crippen LogP contribution < -0.4 is 4.90 Å². The number of halogens is 1. The number of imide groups is 1. The van der Waals surface area contributed by atoms with E-state index in [0.717, 1.165) is 26.7 Å². The van der Waals surface area contributed by atoms with Crippen molar-refractivity contribution >= 4 is 73.7 Å². The zero-order chi connectivity index (χ0) is 21.3. The minimum atomic E-state index is -0.919. The quantitative estimate of drug-likeness (QED) is 0.351. The molecule has 0 aromatic heterocycles. The van der Waals surface area contributed by atoms with Gasteiger partial charge in [0.05, 0.1) is 17.0 Å². The Bertz CT molecular complexity index is 1100. The van der Waals surface area contributed by atoms with Gasteiger partial charge in [0.25, 0.3) is 11.8 Å². The Labute approximate surface area is 191 Å². The summed E-state index contributed by atoms with van der Waals surface area (Å²) in [5.74, 6) is -1.15. The Morgan fingerprint density at radius 2 is 1.73 bits per heavy atom. The van der Waals surface area contributed by atoms with E-state index in [1.165, 1.54) is 4.90 Å². The predicted octanol–water partition coefficient (Wildman–Crippen LogP) is 4.54. The first kappa shape index (κ1) is 20.7. The Morgan fingerprint density at radius 1 is 1.03 bits per heavy atom. The van der Waals surface area contributed by atoms with Crippen LogP contribution in [0.5, 0.6) is 0 Å². The molecule has 30 heavy (non-hydrogen) atoms. The maximum Gasteiger partial charge on any atom is 0.266 e. The smallest absolute Gasteiger partial charge is 0.266 e. The number of benzene rings is 2. The van der Waals surface area contributed by atoms with Gasteiger partial charge < -0.3 is 0 Å². The number of nitrogens with zero attached hydrogens (tertiary/aromatic N) is 2. The fourth-order valence-corrected chi connectivity index (χ4v) is 4.83. The molecule has 5 nitrogen and oxygen atoms in total. The van der Waals surface area contributed by atoms with E-state index >= 15 is 0 Å². The van der Waals surface area contributed by atoms with Crippen molar-refractivity contribution in [3.05, 3.63) is 81.7 Å². The van der Waals surface area contributed by atoms with E-state index in [0.29, 0.717) is 10.6 Å². The normalized spacial score (nSPS) is 21.0. The van der Waals surface area contributed by atoms with Crippen LogP contribution in [0.1, 0.15) is 12.0 Å². The van der Waals surface area contributed by atoms with Gasteiger partial charge >= 0.3 is 0 Å². The molecule has 2 saturated heterocycles. The molecule has 0 radical (unpaired) electrons. The van der Waals surface area contributed by atoms with Gasteiger partial charge in [0.1, 0.15) is 10.4 Å². The molecule has 3 amide bonds. The molecule has 0 bridgehead atoms. The van der Waals surface area contributed by atoms with Crippen molar-refractivity contribution in [1.82, 2.24) is 4.90 Å². The summed E-state index contributed by atoms with van der Waals surface area (Å²) in [6, 6.07) is 15.6. The van der Waals surface area contributed by atoms with Crippen LogP contribution in [-0.2, 0) is 14.4 Å². The molecule has 2 aromatic carbocycles. The highest BCUT2D eigenvalue weighted by Gasteiger charge is 2.48. The summed E-state index contributed by atoms with van der Waals surface area (Å²) < 4.78 is 1.12. The zero-order valence-corrected chi connectivity index (χ0v) is 18.7. The second-order valence-electron chi connectivity index (χ2n) is 6.61. The highest BCUT2D eigenvalue weighted by atomic mass is 79.9. The van der Waals surface area contributed by atoms with Crippen molar-refractivity contribution in [3.8, 4) is 0 Å². The second-order valence-corrected chi connectivity index (χ2v) is 9.20. The number of anilines is 1. The lowest BCUT2D eigenvalue weighted by atomic mass is 10.2. The Morgan fingerprint density at radius 3 is 2.43 bits per heavy atom. The van der Waals surface area contributed by atoms with Gasteiger partial charge in [0.15, 0.2) is 0 Å². The van der Waals surface area contributed by atoms with Crippen molar-refractivity contribution < 1.29 is 14.4 Å². The SMILES string of the molecule is O=C1CC(N2C(=O)/C(=C/C=C/c3ccccc3)SC2=S)C(=O)N1c1ccc(Br)cc1. The number of amides is 3. The summed E-state index contributed by atoms with van der Waals surface area (Å²) >= 11 is 9.82. The van der Waals surface area contributed by atoms with Crippen LogP contribution in [0.25, 0.3) is 6.08 Å². The van der Waals surface area contributed by atoms with Gasteiger partial charge in [-0.3, -0.25) is 19.3 Å². The molecule has 1 atom stereocenters. The average molecular weight is 499 g/mol. The van der Waals surface area contributed by atoms with Gasteiger partial charge in [-0.05, 0) is 35.9 Å². The number of hydrogen-bond acceptors (Lipinski definition) is 5. The van der Waals surface area contributed by atoms with Crippen LogP contribution in [0.3, 0.4) is 0 Å². The summed E-state index contributed by atoms with van der Waals surface area (Å²) in [6.07, 6.45) is 5.25. The molecule has 0 aliphatic carbocycles. The van der Waals surface area contributed by atoms with E-state index in [4.69, 9.17) is 12.2 Å². The van der Waals surface area contributed by atoms with Crippen molar-refractivity contribution in [3.63, 3.8) is 0 Å². The third kappa shape index (κ3) is 4.03. The maximum absolute atomic E-state index is 13.0. The lowest BCUT2D eigenvalue weighted by molar-refractivity contribution is -0.130. The third-order valence-electron chi connectivity index (χ3n) is 4.68. The summed E-state index contributed by atoms with van der Waals surface area (Å²) in [6.45, 7) is 0. The molecule has 2 aliphatic heterocycles. The second kappa shape index (κ2) is 8.67. The van der Waals surface area contributed by atoms with E-state index < -0.39 is 11.9 Å². The number of rotatable bonds is 4. The molecule has 150 valence electrons. The number of carbonyl (C=O) groups excluding carboxylic acids is 3. The third-order valence-corrected chi connectivity index (χ3v) is 6.56. The van der Waals surface area contributed by atoms with Crippen LogP contribution in [0, 0.1) is 0 Å². The molecule has 0 spiro atoms. The van der Waals surface area contributed by atoms with E-state index in [1.54, 1.807) is 36.4 Å². The van der Waals surface area contributed by atoms with Gasteiger partial charge in [-0.25, -0.2) is 4.90 Å². The van der Waals surface area contributed by atoms with E-state index in [-0.39, 0.29) is 22.6 Å². The van der Waals surface area contributed by atoms with Crippen molar-refractivity contribution in [1.29, 1.82) is 0 Å². The van der Waals surface area contributed by atoms with E-state index in [1.807, 2.05) is 36.4 Å². The molecular weight excluding hydrogens is 484 g/mol. The van der Waals surface area contributed by atoms with Gasteiger partial charge in [-0.2, -0.15) is 0 Å². The van der Waals surface area contributed by atoms with Crippen LogP contribution in [0.2, 0.25) is 0 Å². The monoisotopic (exact) mass is 498 g/mol. The first-order chi connectivity index (χ1) is 14.5. The lowest BCUT2D eigenvalue weighted by Crippen LogP contribution is -2.44. The summed E-state index contributed by atoms with van der Waals surface area (Å²) in [5, 5.41) is 0. The number of allylic oxidation sites excluding steroid dienone is 2. The van der Waals surface area contributed by atoms with Gasteiger partial charge in [0, 0.05) is 4.47 Å². The molecule has 2 heterocycles. The Hall–Kier alpha value is -2.55. The zero-order valence-electron chi connectivity index (χ0n) is 15.5. The molecule has 2 fully saturated rings. The first-order valence-electron chi connectivity index (χ1n) is 9.07. The maximum atomic E-state index is 13.0. The minimum Gasteiger partial charge on any atom is -0.280 e. The number of thiocarbonyl (C=S) groups is 1. The van der Waals surface area contributed by atoms with Gasteiger partial charge in [0.2, 0.25) is 5.91 Å². The predicted molar refractivity (Wildman–Crippen MR) is 126 cm³/mol. The molecule has 1 unspecified atom stereocenters. The summed E-state index contributed by atoms with van der Waals surface area (Å²) in [4.78, 5) is 41.2. The van der Waals surface area contributed by atoms with E-state index in [9.17, 15) is 14.4 Å². The van der Waals surface area contributed by atoms with Crippen LogP contribution in [0.15, 0.2) is 76.1 Å². The standard InChI is InChI=1S/C22H15BrN2O3S2/c23-15-9-11-16(12-10-15)24-19(26)13-17(20(24)27)25-21(28)18(30-22(25)29)8-4-7-14-5-2-1-3-6-14/h1-12,17H,13H2/b7-4+,18-8-. The molecule has 2 aromatic rings. The Kier molecular flexibility index (Phi) is 5.99.